The zero-order valence-corrected chi connectivity index (χ0v) is 16.6. The maximum atomic E-state index is 12.3. The fourth-order valence-electron chi connectivity index (χ4n) is 2.63. The molecule has 1 amide bonds. The smallest absolute Gasteiger partial charge is 0.257 e. The lowest BCUT2D eigenvalue weighted by Gasteiger charge is -2.09. The normalized spacial score (nSPS) is 10.4. The summed E-state index contributed by atoms with van der Waals surface area (Å²) in [5, 5.41) is 6.70. The highest BCUT2D eigenvalue weighted by Crippen LogP contribution is 2.20. The van der Waals surface area contributed by atoms with Gasteiger partial charge in [0.05, 0.1) is 12.7 Å². The first-order chi connectivity index (χ1) is 13.5. The van der Waals surface area contributed by atoms with E-state index in [1.54, 1.807) is 31.5 Å². The average Bonchev–Trinajstić information content (AvgIpc) is 2.72. The Morgan fingerprint density at radius 1 is 1.11 bits per heavy atom. The summed E-state index contributed by atoms with van der Waals surface area (Å²) in [4.78, 5) is 16.7. The molecular weight excluding hydrogens is 374 g/mol. The van der Waals surface area contributed by atoms with Gasteiger partial charge in [-0.15, -0.1) is 0 Å². The topological polar surface area (TPSA) is 63.2 Å². The molecule has 0 radical (unpaired) electrons. The van der Waals surface area contributed by atoms with Crippen molar-refractivity contribution in [1.29, 1.82) is 0 Å². The van der Waals surface area contributed by atoms with E-state index < -0.39 is 0 Å². The summed E-state index contributed by atoms with van der Waals surface area (Å²) in [6.45, 7) is 2.66. The molecule has 0 bridgehead atoms. The Morgan fingerprint density at radius 3 is 2.54 bits per heavy atom. The number of nitrogens with one attached hydrogen (secondary N) is 2. The number of nitrogens with zero attached hydrogens (tertiary/aromatic N) is 1. The molecule has 0 saturated carbocycles. The van der Waals surface area contributed by atoms with Crippen LogP contribution in [0.15, 0.2) is 60.8 Å². The summed E-state index contributed by atoms with van der Waals surface area (Å²) >= 11 is 6.09. The minimum absolute atomic E-state index is 0.225. The molecule has 0 aliphatic heterocycles. The number of methoxy groups -OCH3 is 1. The van der Waals surface area contributed by atoms with Crippen LogP contribution in [0.2, 0.25) is 5.02 Å². The number of aromatic nitrogens is 1. The summed E-state index contributed by atoms with van der Waals surface area (Å²) in [6.07, 6.45) is 2.42. The molecule has 1 aromatic heterocycles. The summed E-state index contributed by atoms with van der Waals surface area (Å²) in [6, 6.07) is 16.9. The Balaban J connectivity index is 1.52. The van der Waals surface area contributed by atoms with Crippen molar-refractivity contribution in [2.75, 3.05) is 24.3 Å². The van der Waals surface area contributed by atoms with Gasteiger partial charge in [-0.2, -0.15) is 0 Å². The van der Waals surface area contributed by atoms with Crippen LogP contribution in [0.1, 0.15) is 21.5 Å². The van der Waals surface area contributed by atoms with Crippen molar-refractivity contribution in [2.45, 2.75) is 13.3 Å². The van der Waals surface area contributed by atoms with Crippen molar-refractivity contribution in [3.05, 3.63) is 82.5 Å². The number of hydrogen-bond acceptors (Lipinski definition) is 4. The first-order valence-corrected chi connectivity index (χ1v) is 9.33. The van der Waals surface area contributed by atoms with Crippen LogP contribution in [0.25, 0.3) is 0 Å². The predicted molar refractivity (Wildman–Crippen MR) is 114 cm³/mol. The van der Waals surface area contributed by atoms with Crippen LogP contribution in [0.5, 0.6) is 5.75 Å². The molecule has 0 aliphatic rings. The lowest BCUT2D eigenvalue weighted by Crippen LogP contribution is -2.13. The minimum atomic E-state index is -0.225. The average molecular weight is 396 g/mol. The van der Waals surface area contributed by atoms with Crippen LogP contribution in [-0.2, 0) is 6.42 Å². The van der Waals surface area contributed by atoms with Gasteiger partial charge in [0.25, 0.3) is 5.91 Å². The largest absolute Gasteiger partial charge is 0.497 e. The van der Waals surface area contributed by atoms with Crippen LogP contribution in [0.3, 0.4) is 0 Å². The molecule has 2 aromatic carbocycles. The molecule has 0 spiro atoms. The van der Waals surface area contributed by atoms with Gasteiger partial charge in [0.1, 0.15) is 11.6 Å². The van der Waals surface area contributed by atoms with Crippen molar-refractivity contribution in [2.24, 2.45) is 0 Å². The van der Waals surface area contributed by atoms with Crippen molar-refractivity contribution in [1.82, 2.24) is 4.98 Å². The zero-order chi connectivity index (χ0) is 19.9. The lowest BCUT2D eigenvalue weighted by molar-refractivity contribution is 0.102. The van der Waals surface area contributed by atoms with Crippen molar-refractivity contribution in [3.8, 4) is 5.75 Å². The molecule has 5 nitrogen and oxygen atoms in total. The highest BCUT2D eigenvalue weighted by Gasteiger charge is 2.08. The molecule has 1 heterocycles. The van der Waals surface area contributed by atoms with E-state index in [9.17, 15) is 4.79 Å². The van der Waals surface area contributed by atoms with E-state index in [1.165, 1.54) is 5.56 Å². The Morgan fingerprint density at radius 2 is 1.89 bits per heavy atom. The van der Waals surface area contributed by atoms with Crippen molar-refractivity contribution < 1.29 is 9.53 Å². The van der Waals surface area contributed by atoms with Gasteiger partial charge in [-0.1, -0.05) is 29.8 Å². The third kappa shape index (κ3) is 5.24. The molecule has 3 rings (SSSR count). The second-order valence-electron chi connectivity index (χ2n) is 6.38. The van der Waals surface area contributed by atoms with E-state index in [1.807, 2.05) is 43.3 Å². The first kappa shape index (κ1) is 19.7. The maximum Gasteiger partial charge on any atom is 0.257 e. The molecule has 0 saturated heterocycles. The van der Waals surface area contributed by atoms with Gasteiger partial charge in [0.15, 0.2) is 0 Å². The zero-order valence-electron chi connectivity index (χ0n) is 15.8. The number of halogens is 1. The van der Waals surface area contributed by atoms with Crippen molar-refractivity contribution >= 4 is 29.0 Å². The standard InChI is InChI=1S/C22H22ClN3O2/c1-15-3-7-18(13-20(15)23)26-22(27)17-6-10-21(25-14-17)24-12-11-16-4-8-19(28-2)9-5-16/h3-10,13-14H,11-12H2,1-2H3,(H,24,25)(H,26,27). The van der Waals surface area contributed by atoms with E-state index in [2.05, 4.69) is 15.6 Å². The summed E-state index contributed by atoms with van der Waals surface area (Å²) in [7, 11) is 1.65. The monoisotopic (exact) mass is 395 g/mol. The Labute approximate surface area is 169 Å². The number of ether oxygens (including phenoxy) is 1. The second-order valence-corrected chi connectivity index (χ2v) is 6.78. The minimum Gasteiger partial charge on any atom is -0.497 e. The van der Waals surface area contributed by atoms with Gasteiger partial charge in [-0.25, -0.2) is 4.98 Å². The molecule has 0 unspecified atom stereocenters. The number of hydrogen-bond donors (Lipinski definition) is 2. The van der Waals surface area contributed by atoms with E-state index in [0.29, 0.717) is 16.3 Å². The third-order valence-corrected chi connectivity index (χ3v) is 4.74. The molecule has 2 N–H and O–H groups in total. The van der Waals surface area contributed by atoms with Gasteiger partial charge in [-0.3, -0.25) is 4.79 Å². The number of rotatable bonds is 7. The van der Waals surface area contributed by atoms with Gasteiger partial charge in [0.2, 0.25) is 0 Å². The lowest BCUT2D eigenvalue weighted by atomic mass is 10.1. The number of carbonyl (C=O) groups is 1. The fraction of sp³-hybridized carbons (Fsp3) is 0.182. The number of amides is 1. The summed E-state index contributed by atoms with van der Waals surface area (Å²) in [5.74, 6) is 1.35. The molecule has 0 fully saturated rings. The van der Waals surface area contributed by atoms with Crippen LogP contribution in [-0.4, -0.2) is 24.5 Å². The van der Waals surface area contributed by atoms with Gasteiger partial charge in [-0.05, 0) is 60.9 Å². The summed E-state index contributed by atoms with van der Waals surface area (Å²) < 4.78 is 5.16. The number of benzene rings is 2. The highest BCUT2D eigenvalue weighted by atomic mass is 35.5. The van der Waals surface area contributed by atoms with Gasteiger partial charge in [0, 0.05) is 23.5 Å². The van der Waals surface area contributed by atoms with Gasteiger partial charge >= 0.3 is 0 Å². The van der Waals surface area contributed by atoms with E-state index >= 15 is 0 Å². The molecule has 144 valence electrons. The highest BCUT2D eigenvalue weighted by molar-refractivity contribution is 6.31. The van der Waals surface area contributed by atoms with Crippen LogP contribution < -0.4 is 15.4 Å². The Kier molecular flexibility index (Phi) is 6.50. The molecule has 6 heteroatoms. The van der Waals surface area contributed by atoms with Crippen LogP contribution >= 0.6 is 11.6 Å². The van der Waals surface area contributed by atoms with Crippen LogP contribution in [0.4, 0.5) is 11.5 Å². The molecule has 3 aromatic rings. The van der Waals surface area contributed by atoms with Crippen LogP contribution in [0, 0.1) is 6.92 Å². The fourth-order valence-corrected chi connectivity index (χ4v) is 2.81. The SMILES string of the molecule is COc1ccc(CCNc2ccc(C(=O)Nc3ccc(C)c(Cl)c3)cn2)cc1. The number of carbonyl (C=O) groups excluding carboxylic acids is 1. The molecule has 0 atom stereocenters. The van der Waals surface area contributed by atoms with E-state index in [4.69, 9.17) is 16.3 Å². The van der Waals surface area contributed by atoms with Crippen molar-refractivity contribution in [3.63, 3.8) is 0 Å². The number of pyridine rings is 1. The predicted octanol–water partition coefficient (Wildman–Crippen LogP) is 4.96. The van der Waals surface area contributed by atoms with E-state index in [-0.39, 0.29) is 5.91 Å². The molecule has 0 aliphatic carbocycles. The Bertz CT molecular complexity index is 941. The number of aryl methyl sites for hydroxylation is 1. The quantitative estimate of drug-likeness (QED) is 0.593. The maximum absolute atomic E-state index is 12.3. The number of anilines is 2. The summed E-state index contributed by atoms with van der Waals surface area (Å²) in [5.41, 5.74) is 3.31. The van der Waals surface area contributed by atoms with E-state index in [0.717, 1.165) is 30.1 Å². The molecular formula is C22H22ClN3O2. The van der Waals surface area contributed by atoms with Gasteiger partial charge < -0.3 is 15.4 Å². The Hall–Kier alpha value is -3.05. The molecule has 28 heavy (non-hydrogen) atoms. The second kappa shape index (κ2) is 9.24. The third-order valence-electron chi connectivity index (χ3n) is 4.33. The first-order valence-electron chi connectivity index (χ1n) is 8.95.